The first-order valence-corrected chi connectivity index (χ1v) is 14.1. The van der Waals surface area contributed by atoms with Gasteiger partial charge >= 0.3 is 6.09 Å². The molecule has 8 heteroatoms. The summed E-state index contributed by atoms with van der Waals surface area (Å²) in [6.07, 6.45) is 4.48. The number of para-hydroxylation sites is 2. The average Bonchev–Trinajstić information content (AvgIpc) is 3.39. The third-order valence-corrected chi connectivity index (χ3v) is 8.39. The number of ether oxygens (including phenoxy) is 2. The van der Waals surface area contributed by atoms with Crippen LogP contribution in [0.25, 0.3) is 0 Å². The predicted molar refractivity (Wildman–Crippen MR) is 151 cm³/mol. The number of likely N-dealkylation sites (tertiary alicyclic amines) is 1. The Bertz CT molecular complexity index is 1130. The highest BCUT2D eigenvalue weighted by atomic mass is 16.5. The zero-order valence-electron chi connectivity index (χ0n) is 23.4. The van der Waals surface area contributed by atoms with Gasteiger partial charge in [-0.3, -0.25) is 4.79 Å². The molecule has 2 amide bonds. The van der Waals surface area contributed by atoms with Crippen molar-refractivity contribution in [2.75, 3.05) is 26.7 Å². The maximum Gasteiger partial charge on any atom is 0.406 e. The SMILES string of the molecule is COC(=O)NCCCC(O)(c1ccccc1Oc1c(C)cccc1C)[C@@H]1CCCN(C(=O)[C@@H]2CC[C@H](N)C2)C1. The standard InChI is InChI=1S/C31H43N3O5/c1-21-9-6-10-22(2)28(21)39-27-13-5-4-12-26(27)31(37,16-8-17-33-30(36)38-3)24-11-7-18-34(20-24)29(35)23-14-15-25(32)19-23/h4-6,9-10,12-13,23-25,37H,7-8,11,14-20,32H2,1-3H3,(H,33,36)/t23-,24-,25+,31?/m1/s1. The van der Waals surface area contributed by atoms with Crippen LogP contribution in [-0.4, -0.2) is 54.8 Å². The van der Waals surface area contributed by atoms with Crippen LogP contribution in [0.5, 0.6) is 11.5 Å². The van der Waals surface area contributed by atoms with Crippen molar-refractivity contribution in [3.63, 3.8) is 0 Å². The normalized spacial score (nSPS) is 22.7. The van der Waals surface area contributed by atoms with E-state index in [9.17, 15) is 14.7 Å². The number of nitrogens with two attached hydrogens (primary N) is 1. The number of hydrogen-bond donors (Lipinski definition) is 3. The van der Waals surface area contributed by atoms with Crippen molar-refractivity contribution in [2.24, 2.45) is 17.6 Å². The summed E-state index contributed by atoms with van der Waals surface area (Å²) in [5, 5.41) is 15.3. The van der Waals surface area contributed by atoms with E-state index < -0.39 is 11.7 Å². The molecule has 1 saturated heterocycles. The van der Waals surface area contributed by atoms with Crippen LogP contribution in [0.15, 0.2) is 42.5 Å². The summed E-state index contributed by atoms with van der Waals surface area (Å²) in [5.41, 5.74) is 7.56. The molecule has 0 aromatic heterocycles. The lowest BCUT2D eigenvalue weighted by Gasteiger charge is -2.44. The van der Waals surface area contributed by atoms with Crippen molar-refractivity contribution in [1.29, 1.82) is 0 Å². The van der Waals surface area contributed by atoms with E-state index in [0.29, 0.717) is 43.8 Å². The molecule has 0 spiro atoms. The van der Waals surface area contributed by atoms with Crippen LogP contribution in [0.1, 0.15) is 61.6 Å². The zero-order valence-corrected chi connectivity index (χ0v) is 23.4. The van der Waals surface area contributed by atoms with Gasteiger partial charge in [-0.15, -0.1) is 0 Å². The van der Waals surface area contributed by atoms with E-state index in [1.165, 1.54) is 7.11 Å². The van der Waals surface area contributed by atoms with Crippen molar-refractivity contribution in [3.8, 4) is 11.5 Å². The highest BCUT2D eigenvalue weighted by Gasteiger charge is 2.44. The molecule has 212 valence electrons. The number of alkyl carbamates (subject to hydrolysis) is 1. The van der Waals surface area contributed by atoms with Crippen LogP contribution in [0.4, 0.5) is 4.79 Å². The fourth-order valence-corrected chi connectivity index (χ4v) is 6.23. The lowest BCUT2D eigenvalue weighted by molar-refractivity contribution is -0.141. The van der Waals surface area contributed by atoms with Gasteiger partial charge < -0.3 is 30.5 Å². The van der Waals surface area contributed by atoms with Gasteiger partial charge in [0.15, 0.2) is 0 Å². The number of benzene rings is 2. The fraction of sp³-hybridized carbons (Fsp3) is 0.548. The van der Waals surface area contributed by atoms with Crippen LogP contribution in [-0.2, 0) is 15.1 Å². The summed E-state index contributed by atoms with van der Waals surface area (Å²) in [6, 6.07) is 13.7. The van der Waals surface area contributed by atoms with Gasteiger partial charge in [-0.1, -0.05) is 36.4 Å². The molecule has 39 heavy (non-hydrogen) atoms. The first-order valence-electron chi connectivity index (χ1n) is 14.1. The molecule has 1 aliphatic carbocycles. The number of piperidine rings is 1. The van der Waals surface area contributed by atoms with Crippen LogP contribution < -0.4 is 15.8 Å². The van der Waals surface area contributed by atoms with E-state index in [-0.39, 0.29) is 23.8 Å². The number of aliphatic hydroxyl groups is 1. The monoisotopic (exact) mass is 537 g/mol. The van der Waals surface area contributed by atoms with Crippen molar-refractivity contribution in [1.82, 2.24) is 10.2 Å². The van der Waals surface area contributed by atoms with E-state index in [2.05, 4.69) is 5.32 Å². The van der Waals surface area contributed by atoms with Gasteiger partial charge in [0.2, 0.25) is 5.91 Å². The number of methoxy groups -OCH3 is 1. The Labute approximate surface area is 231 Å². The van der Waals surface area contributed by atoms with Crippen LogP contribution in [0.2, 0.25) is 0 Å². The number of nitrogens with one attached hydrogen (secondary N) is 1. The van der Waals surface area contributed by atoms with Crippen molar-refractivity contribution in [3.05, 3.63) is 59.2 Å². The second kappa shape index (κ2) is 12.8. The van der Waals surface area contributed by atoms with Crippen LogP contribution in [0, 0.1) is 25.7 Å². The number of rotatable bonds is 9. The molecule has 2 aliphatic rings. The van der Waals surface area contributed by atoms with Gasteiger partial charge in [-0.05, 0) is 76.0 Å². The van der Waals surface area contributed by atoms with E-state index in [4.69, 9.17) is 15.2 Å². The minimum absolute atomic E-state index is 0.0317. The molecule has 4 N–H and O–H groups in total. The molecule has 1 saturated carbocycles. The summed E-state index contributed by atoms with van der Waals surface area (Å²) in [4.78, 5) is 27.0. The van der Waals surface area contributed by atoms with Crippen LogP contribution >= 0.6 is 0 Å². The minimum atomic E-state index is -1.27. The Morgan fingerprint density at radius 1 is 1.10 bits per heavy atom. The zero-order chi connectivity index (χ0) is 28.0. The molecule has 2 aromatic carbocycles. The van der Waals surface area contributed by atoms with Gasteiger partial charge in [0.1, 0.15) is 11.5 Å². The lowest BCUT2D eigenvalue weighted by Crippen LogP contribution is -2.49. The number of carbonyl (C=O) groups is 2. The molecule has 0 bridgehead atoms. The number of carbonyl (C=O) groups excluding carboxylic acids is 2. The summed E-state index contributed by atoms with van der Waals surface area (Å²) >= 11 is 0. The van der Waals surface area contributed by atoms with Crippen molar-refractivity contribution >= 4 is 12.0 Å². The summed E-state index contributed by atoms with van der Waals surface area (Å²) in [7, 11) is 1.33. The average molecular weight is 538 g/mol. The Hall–Kier alpha value is -3.10. The molecule has 1 heterocycles. The Kier molecular flexibility index (Phi) is 9.51. The van der Waals surface area contributed by atoms with E-state index in [1.807, 2.05) is 61.2 Å². The smallest absolute Gasteiger partial charge is 0.406 e. The molecule has 1 unspecified atom stereocenters. The molecule has 8 nitrogen and oxygen atoms in total. The third kappa shape index (κ3) is 6.73. The molecule has 4 rings (SSSR count). The number of amides is 2. The highest BCUT2D eigenvalue weighted by molar-refractivity contribution is 5.79. The molecule has 0 radical (unpaired) electrons. The van der Waals surface area contributed by atoms with Gasteiger partial charge in [-0.25, -0.2) is 4.79 Å². The third-order valence-electron chi connectivity index (χ3n) is 8.39. The second-order valence-corrected chi connectivity index (χ2v) is 11.2. The van der Waals surface area contributed by atoms with E-state index >= 15 is 0 Å². The Morgan fingerprint density at radius 2 is 1.85 bits per heavy atom. The topological polar surface area (TPSA) is 114 Å². The molecule has 2 fully saturated rings. The largest absolute Gasteiger partial charge is 0.456 e. The lowest BCUT2D eigenvalue weighted by atomic mass is 9.73. The summed E-state index contributed by atoms with van der Waals surface area (Å²) in [6.45, 7) is 5.55. The Balaban J connectivity index is 1.63. The molecule has 2 aromatic rings. The highest BCUT2D eigenvalue weighted by Crippen LogP contribution is 2.45. The van der Waals surface area contributed by atoms with Crippen LogP contribution in [0.3, 0.4) is 0 Å². The Morgan fingerprint density at radius 3 is 2.54 bits per heavy atom. The maximum atomic E-state index is 13.4. The number of hydrogen-bond acceptors (Lipinski definition) is 6. The van der Waals surface area contributed by atoms with Crippen molar-refractivity contribution < 1.29 is 24.2 Å². The maximum absolute atomic E-state index is 13.4. The number of aryl methyl sites for hydroxylation is 2. The van der Waals surface area contributed by atoms with Gasteiger partial charge in [-0.2, -0.15) is 0 Å². The fourth-order valence-electron chi connectivity index (χ4n) is 6.23. The first kappa shape index (κ1) is 28.9. The first-order chi connectivity index (χ1) is 18.7. The van der Waals surface area contributed by atoms with Gasteiger partial charge in [0, 0.05) is 43.1 Å². The quantitative estimate of drug-likeness (QED) is 0.397. The number of nitrogens with zero attached hydrogens (tertiary/aromatic N) is 1. The van der Waals surface area contributed by atoms with Gasteiger partial charge in [0.05, 0.1) is 12.7 Å². The molecular formula is C31H43N3O5. The molecular weight excluding hydrogens is 494 g/mol. The second-order valence-electron chi connectivity index (χ2n) is 11.2. The summed E-state index contributed by atoms with van der Waals surface area (Å²) < 4.78 is 11.2. The van der Waals surface area contributed by atoms with Crippen molar-refractivity contribution in [2.45, 2.75) is 70.4 Å². The predicted octanol–water partition coefficient (Wildman–Crippen LogP) is 4.79. The van der Waals surface area contributed by atoms with Gasteiger partial charge in [0.25, 0.3) is 0 Å². The molecule has 1 aliphatic heterocycles. The van der Waals surface area contributed by atoms with E-state index in [0.717, 1.165) is 49.0 Å². The molecule has 4 atom stereocenters. The van der Waals surface area contributed by atoms with E-state index in [1.54, 1.807) is 0 Å². The minimum Gasteiger partial charge on any atom is -0.456 e. The summed E-state index contributed by atoms with van der Waals surface area (Å²) in [5.74, 6) is 1.31.